The first-order chi connectivity index (χ1) is 69.6. The van der Waals surface area contributed by atoms with E-state index in [-0.39, 0.29) is 23.7 Å². The minimum absolute atomic E-state index is 0.222. The minimum atomic E-state index is -0.870. The van der Waals surface area contributed by atoms with Crippen LogP contribution in [-0.4, -0.2) is 191 Å². The van der Waals surface area contributed by atoms with Crippen LogP contribution in [0.2, 0.25) is 0 Å². The van der Waals surface area contributed by atoms with Crippen LogP contribution in [0.1, 0.15) is 208 Å². The van der Waals surface area contributed by atoms with Gasteiger partial charge in [-0.15, -0.1) is 51.0 Å². The first kappa shape index (κ1) is 108. The van der Waals surface area contributed by atoms with Crippen molar-refractivity contribution in [3.05, 3.63) is 305 Å². The number of amides is 1. The second kappa shape index (κ2) is 55.4. The third kappa shape index (κ3) is 32.8. The molecule has 144 heavy (non-hydrogen) atoms. The number of hydrogen-bond acceptors (Lipinski definition) is 30. The van der Waals surface area contributed by atoms with Crippen molar-refractivity contribution in [2.45, 2.75) is 175 Å². The van der Waals surface area contributed by atoms with Gasteiger partial charge in [-0.3, -0.25) is 28.8 Å². The first-order valence-corrected chi connectivity index (χ1v) is 47.5. The van der Waals surface area contributed by atoms with Gasteiger partial charge >= 0.3 is 29.8 Å². The largest absolute Gasteiger partial charge is 0.481 e. The number of carbonyl (C=O) groups is 6. The quantitative estimate of drug-likeness (QED) is 0.0168. The number of primary amides is 1. The van der Waals surface area contributed by atoms with Crippen molar-refractivity contribution in [1.82, 2.24) is 123 Å². The summed E-state index contributed by atoms with van der Waals surface area (Å²) in [7, 11) is 0. The average Bonchev–Trinajstić information content (AvgIpc) is 1.66. The maximum absolute atomic E-state index is 12.0. The summed E-state index contributed by atoms with van der Waals surface area (Å²) in [4.78, 5) is 88.1. The van der Waals surface area contributed by atoms with Crippen LogP contribution < -0.4 is 31.4 Å². The van der Waals surface area contributed by atoms with Gasteiger partial charge in [-0.25, -0.2) is 19.9 Å². The molecule has 1 amide bonds. The van der Waals surface area contributed by atoms with E-state index in [0.717, 1.165) is 80.5 Å². The maximum Gasteiger partial charge on any atom is 0.307 e. The summed E-state index contributed by atoms with van der Waals surface area (Å²) >= 11 is 0. The lowest BCUT2D eigenvalue weighted by Crippen LogP contribution is -2.26. The van der Waals surface area contributed by atoms with Crippen LogP contribution in [0, 0.1) is 47.3 Å². The fourth-order valence-electron chi connectivity index (χ4n) is 16.9. The van der Waals surface area contributed by atoms with Crippen LogP contribution in [0.15, 0.2) is 231 Å². The van der Waals surface area contributed by atoms with Crippen molar-refractivity contribution in [3.8, 4) is 57.3 Å². The molecular formula is C103H121N27O14. The zero-order valence-corrected chi connectivity index (χ0v) is 81.2. The number of aromatic nitrogens is 24. The van der Waals surface area contributed by atoms with Gasteiger partial charge in [0.15, 0.2) is 29.1 Å². The van der Waals surface area contributed by atoms with Crippen molar-refractivity contribution in [3.63, 3.8) is 0 Å². The number of nitrogens with one attached hydrogen (secondary N) is 5. The number of nitrogens with two attached hydrogens (primary N) is 3. The summed E-state index contributed by atoms with van der Waals surface area (Å²) in [5.41, 5.74) is 27.8. The molecule has 0 spiro atoms. The molecule has 0 bridgehead atoms. The Balaban J connectivity index is 0.000000172. The molecule has 0 saturated heterocycles. The van der Waals surface area contributed by atoms with E-state index in [0.29, 0.717) is 147 Å². The Morgan fingerprint density at radius 1 is 0.333 bits per heavy atom. The Morgan fingerprint density at radius 3 is 0.951 bits per heavy atom. The summed E-state index contributed by atoms with van der Waals surface area (Å²) in [5, 5.41) is 120. The van der Waals surface area contributed by atoms with E-state index in [1.165, 1.54) is 0 Å². The van der Waals surface area contributed by atoms with E-state index in [9.17, 15) is 54.3 Å². The minimum Gasteiger partial charge on any atom is -0.481 e. The average molecular weight is 1960 g/mol. The number of aromatic amines is 5. The Labute approximate surface area is 831 Å². The maximum atomic E-state index is 12.0. The molecule has 0 fully saturated rings. The van der Waals surface area contributed by atoms with E-state index in [1.807, 2.05) is 201 Å². The summed E-state index contributed by atoms with van der Waals surface area (Å²) in [6.45, 7) is 17.0. The summed E-state index contributed by atoms with van der Waals surface area (Å²) in [6.07, 6.45) is 14.0. The molecule has 0 saturated carbocycles. The van der Waals surface area contributed by atoms with Gasteiger partial charge in [0.2, 0.25) is 29.4 Å². The summed E-state index contributed by atoms with van der Waals surface area (Å²) in [5.74, 6) is -4.00. The van der Waals surface area contributed by atoms with Gasteiger partial charge in [-0.1, -0.05) is 234 Å². The molecule has 0 aliphatic carbocycles. The molecule has 0 radical (unpaired) electrons. The smallest absolute Gasteiger partial charge is 0.307 e. The lowest BCUT2D eigenvalue weighted by atomic mass is 9.81. The Hall–Kier alpha value is -16.6. The molecular weight excluding hydrogens is 1840 g/mol. The highest BCUT2D eigenvalue weighted by molar-refractivity contribution is 5.93. The molecule has 0 aliphatic heterocycles. The lowest BCUT2D eigenvalue weighted by Gasteiger charge is -2.23. The molecule has 41 nitrogen and oxygen atoms in total. The molecule has 0 unspecified atom stereocenters. The van der Waals surface area contributed by atoms with E-state index in [1.54, 1.807) is 67.3 Å². The molecule has 15 rings (SSSR count). The number of H-pyrrole nitrogens is 5. The number of rotatable bonds is 47. The zero-order chi connectivity index (χ0) is 103. The number of aliphatic carboxylic acids is 5. The Bertz CT molecular complexity index is 6330. The number of ether oxygens (including phenoxy) is 3. The number of hydrogen-bond donors (Lipinski definition) is 13. The van der Waals surface area contributed by atoms with Crippen LogP contribution in [0.3, 0.4) is 0 Å². The SMILES string of the molecule is CC(C)C[C@H](C(=O)O)[C@H](Cc1ccc(Oc2ccc(CCN)cc2)nc1)c1nn[nH]n1.CC(C)C[C@H](C(=O)O)[C@H](Cc1ccc(Oc2ccc(CN)cc2)nc1)c1nn[nH]n1.CC(C)C[C@H](C(=O)O)[C@H](Cc1ccc(Oc2ccccn2)nc1)c1nn[nH]n1.CCC[C@H](C(=O)O)[C@H](Cc1ccccc1-c1ccc(C(N)=O)cc1)c1nn[nH]n1.CCC[C@H](C(=O)O)[C@H](Cc1ccccc1-c1ccccc1)c1nn[nH]n1. The topological polar surface area (TPSA) is 633 Å². The predicted octanol–water partition coefficient (Wildman–Crippen LogP) is 15.2. The molecule has 15 aromatic rings. The van der Waals surface area contributed by atoms with E-state index >= 15 is 0 Å². The third-order valence-electron chi connectivity index (χ3n) is 23.9. The first-order valence-electron chi connectivity index (χ1n) is 47.5. The van der Waals surface area contributed by atoms with Crippen LogP contribution in [0.25, 0.3) is 22.3 Å². The summed E-state index contributed by atoms with van der Waals surface area (Å²) < 4.78 is 17.2. The number of pyridine rings is 4. The van der Waals surface area contributed by atoms with E-state index in [2.05, 4.69) is 141 Å². The van der Waals surface area contributed by atoms with Gasteiger partial charge in [0.25, 0.3) is 0 Å². The van der Waals surface area contributed by atoms with E-state index in [4.69, 9.17) is 31.4 Å². The number of nitrogens with zero attached hydrogens (tertiary/aromatic N) is 19. The number of carboxylic acid groups (broad SMARTS) is 5. The molecule has 10 atom stereocenters. The Morgan fingerprint density at radius 2 is 0.653 bits per heavy atom. The number of carboxylic acids is 5. The van der Waals surface area contributed by atoms with Crippen molar-refractivity contribution in [2.24, 2.45) is 64.5 Å². The standard InChI is InChI=1S/C22H28N6O3.C21H26N6O3.C21H23N5O3.C20H22N4O2.C19H22N6O3/c1-14(2)11-19(22(29)30)18(21-25-27-28-26-21)12-16-5-8-20(24-13-16)31-17-6-3-15(4-7-17)9-10-23;1-13(2)9-18(21(28)29)17(20-24-26-27-25-20)10-15-5-8-19(23-12-15)30-16-6-3-14(11-22)4-7-16;1-2-5-17(21(28)29)18(20-23-25-26-24-20)12-15-6-3-4-7-16(15)13-8-10-14(11-9-13)19(22)27;1-2-8-17(20(25)26)18(19-21-23-24-22-19)13-15-11-6-7-12-16(15)14-9-4-3-5-10-14;1-12(2)9-15(19(26)27)14(18-22-24-25-23-18)10-13-6-7-17(21-11-13)28-16-5-3-4-8-20-16/h3-8,13-14,18-19H,9-12,23H2,1-2H3,(H,29,30)(H,25,26,27,28);3-8,12-13,17-18H,9-11,22H2,1-2H3,(H,28,29)(H,24,25,26,27);3-4,6-11,17-18H,2,5,12H2,1H3,(H2,22,27)(H,28,29)(H,23,24,25,26);3-7,9-12,17-18H,2,8,13H2,1H3,(H,25,26)(H,21,22,23,24);3-8,11-12,14-15H,9-10H2,1-2H3,(H,26,27)(H,22,23,24,25)/t18-,19-;3*17-,18-;14-,15-/m00000/s1. The van der Waals surface area contributed by atoms with Crippen LogP contribution >= 0.6 is 0 Å². The van der Waals surface area contributed by atoms with Crippen molar-refractivity contribution >= 4 is 35.8 Å². The second-order valence-electron chi connectivity index (χ2n) is 35.7. The zero-order valence-electron chi connectivity index (χ0n) is 81.2. The van der Waals surface area contributed by atoms with Crippen molar-refractivity contribution in [2.75, 3.05) is 6.54 Å². The van der Waals surface area contributed by atoms with Gasteiger partial charge in [0.1, 0.15) is 11.5 Å². The molecule has 9 aromatic heterocycles. The third-order valence-corrected chi connectivity index (χ3v) is 23.9. The van der Waals surface area contributed by atoms with Crippen LogP contribution in [-0.2, 0) is 69.0 Å². The molecule has 6 aromatic carbocycles. The van der Waals surface area contributed by atoms with Gasteiger partial charge in [0, 0.05) is 90.8 Å². The molecule has 16 N–H and O–H groups in total. The van der Waals surface area contributed by atoms with Gasteiger partial charge < -0.3 is 56.9 Å². The van der Waals surface area contributed by atoms with E-state index < -0.39 is 89.0 Å². The molecule has 0 aliphatic rings. The Kier molecular flexibility index (Phi) is 41.5. The van der Waals surface area contributed by atoms with Crippen LogP contribution in [0.5, 0.6) is 35.0 Å². The molecule has 752 valence electrons. The number of tetrazole rings is 5. The molecule has 9 heterocycles. The number of benzene rings is 6. The normalized spacial score (nSPS) is 13.2. The predicted molar refractivity (Wildman–Crippen MR) is 530 cm³/mol. The fourth-order valence-corrected chi connectivity index (χ4v) is 16.9. The van der Waals surface area contributed by atoms with Gasteiger partial charge in [-0.2, -0.15) is 26.1 Å². The highest BCUT2D eigenvalue weighted by Crippen LogP contribution is 2.40. The second-order valence-corrected chi connectivity index (χ2v) is 35.7. The van der Waals surface area contributed by atoms with Gasteiger partial charge in [-0.05, 0) is 199 Å². The monoisotopic (exact) mass is 1960 g/mol. The number of carbonyl (C=O) groups excluding carboxylic acids is 1. The highest BCUT2D eigenvalue weighted by Gasteiger charge is 2.39. The van der Waals surface area contributed by atoms with Crippen molar-refractivity contribution < 1.29 is 68.5 Å². The van der Waals surface area contributed by atoms with Gasteiger partial charge in [0.05, 0.1) is 29.6 Å². The summed E-state index contributed by atoms with van der Waals surface area (Å²) in [6, 6.07) is 64.4. The van der Waals surface area contributed by atoms with Crippen LogP contribution in [0.4, 0.5) is 0 Å². The highest BCUT2D eigenvalue weighted by atomic mass is 16.5. The van der Waals surface area contributed by atoms with Crippen molar-refractivity contribution in [1.29, 1.82) is 0 Å². The lowest BCUT2D eigenvalue weighted by molar-refractivity contribution is -0.144. The fraction of sp³-hybridized carbons (Fsp3) is 0.350. The molecule has 41 heteroatoms.